The van der Waals surface area contributed by atoms with Crippen LogP contribution in [0.3, 0.4) is 0 Å². The number of nitro benzene ring substituents is 1. The monoisotopic (exact) mass is 489 g/mol. The SMILES string of the molecule is CCOc1ccc(NC(=O)c2ccc(S(=O)(=O)N(CCCl)CCCl)cc2)c([N+](=O)[O-])c1. The molecule has 0 atom stereocenters. The van der Waals surface area contributed by atoms with Crippen LogP contribution in [0.4, 0.5) is 11.4 Å². The number of nitrogens with one attached hydrogen (secondary N) is 1. The van der Waals surface area contributed by atoms with Gasteiger partial charge in [0.05, 0.1) is 22.5 Å². The average Bonchev–Trinajstić information content (AvgIpc) is 2.74. The van der Waals surface area contributed by atoms with Gasteiger partial charge in [-0.2, -0.15) is 4.31 Å². The van der Waals surface area contributed by atoms with E-state index in [0.717, 1.165) is 4.31 Å². The van der Waals surface area contributed by atoms with E-state index in [2.05, 4.69) is 5.32 Å². The van der Waals surface area contributed by atoms with Crippen molar-refractivity contribution < 1.29 is 22.9 Å². The molecule has 0 radical (unpaired) electrons. The molecule has 168 valence electrons. The van der Waals surface area contributed by atoms with Crippen molar-refractivity contribution in [2.75, 3.05) is 36.8 Å². The summed E-state index contributed by atoms with van der Waals surface area (Å²) in [7, 11) is -3.83. The second-order valence-electron chi connectivity index (χ2n) is 6.13. The Bertz CT molecular complexity index is 1030. The van der Waals surface area contributed by atoms with Gasteiger partial charge in [-0.05, 0) is 43.3 Å². The topological polar surface area (TPSA) is 119 Å². The summed E-state index contributed by atoms with van der Waals surface area (Å²) in [5.41, 5.74) is -0.204. The highest BCUT2D eigenvalue weighted by atomic mass is 35.5. The zero-order chi connectivity index (χ0) is 23.0. The smallest absolute Gasteiger partial charge is 0.296 e. The third-order valence-corrected chi connectivity index (χ3v) is 6.40. The molecule has 0 saturated carbocycles. The molecule has 0 fully saturated rings. The van der Waals surface area contributed by atoms with Crippen molar-refractivity contribution in [1.29, 1.82) is 0 Å². The van der Waals surface area contributed by atoms with Gasteiger partial charge < -0.3 is 10.1 Å². The number of hydrogen-bond donors (Lipinski definition) is 1. The van der Waals surface area contributed by atoms with E-state index in [1.165, 1.54) is 42.5 Å². The number of sulfonamides is 1. The van der Waals surface area contributed by atoms with Crippen LogP contribution in [0.2, 0.25) is 0 Å². The number of amides is 1. The molecule has 1 N–H and O–H groups in total. The summed E-state index contributed by atoms with van der Waals surface area (Å²) in [4.78, 5) is 23.2. The Kier molecular flexibility index (Phi) is 9.05. The molecule has 31 heavy (non-hydrogen) atoms. The van der Waals surface area contributed by atoms with Crippen molar-refractivity contribution in [2.24, 2.45) is 0 Å². The van der Waals surface area contributed by atoms with Crippen LogP contribution >= 0.6 is 23.2 Å². The molecule has 0 aliphatic carbocycles. The van der Waals surface area contributed by atoms with E-state index < -0.39 is 20.9 Å². The largest absolute Gasteiger partial charge is 0.494 e. The molecule has 0 spiro atoms. The Morgan fingerprint density at radius 2 is 1.74 bits per heavy atom. The molecule has 9 nitrogen and oxygen atoms in total. The van der Waals surface area contributed by atoms with Crippen molar-refractivity contribution in [1.82, 2.24) is 4.31 Å². The lowest BCUT2D eigenvalue weighted by Gasteiger charge is -2.20. The van der Waals surface area contributed by atoms with Crippen molar-refractivity contribution >= 4 is 50.5 Å². The number of anilines is 1. The first kappa shape index (κ1) is 24.9. The molecule has 0 unspecified atom stereocenters. The standard InChI is InChI=1S/C19H21Cl2N3O6S/c1-2-30-15-5-8-17(18(13-15)24(26)27)22-19(25)14-3-6-16(7-4-14)31(28,29)23(11-9-20)12-10-21/h3-8,13H,2,9-12H2,1H3,(H,22,25). The fourth-order valence-corrected chi connectivity index (χ4v) is 4.74. The molecule has 0 aliphatic heterocycles. The van der Waals surface area contributed by atoms with Crippen LogP contribution in [-0.2, 0) is 10.0 Å². The molecule has 0 heterocycles. The molecule has 0 bridgehead atoms. The molecule has 0 aromatic heterocycles. The lowest BCUT2D eigenvalue weighted by molar-refractivity contribution is -0.384. The van der Waals surface area contributed by atoms with Crippen LogP contribution in [0, 0.1) is 10.1 Å². The minimum absolute atomic E-state index is 0.00875. The van der Waals surface area contributed by atoms with E-state index in [9.17, 15) is 23.3 Å². The molecule has 0 saturated heterocycles. The maximum absolute atomic E-state index is 12.7. The summed E-state index contributed by atoms with van der Waals surface area (Å²) in [6.07, 6.45) is 0. The summed E-state index contributed by atoms with van der Waals surface area (Å²) >= 11 is 11.3. The summed E-state index contributed by atoms with van der Waals surface area (Å²) in [6.45, 7) is 2.28. The van der Waals surface area contributed by atoms with Crippen LogP contribution in [-0.4, -0.2) is 55.0 Å². The first-order valence-corrected chi connectivity index (χ1v) is 11.7. The fourth-order valence-electron chi connectivity index (χ4n) is 2.69. The third-order valence-electron chi connectivity index (χ3n) is 4.15. The maximum atomic E-state index is 12.7. The minimum atomic E-state index is -3.83. The van der Waals surface area contributed by atoms with Crippen LogP contribution < -0.4 is 10.1 Å². The predicted octanol–water partition coefficient (Wildman–Crippen LogP) is 3.71. The molecular weight excluding hydrogens is 469 g/mol. The van der Waals surface area contributed by atoms with Crippen LogP contribution in [0.5, 0.6) is 5.75 Å². The molecule has 2 rings (SSSR count). The van der Waals surface area contributed by atoms with Crippen LogP contribution in [0.1, 0.15) is 17.3 Å². The number of nitro groups is 1. The van der Waals surface area contributed by atoms with Crippen LogP contribution in [0.25, 0.3) is 0 Å². The van der Waals surface area contributed by atoms with Gasteiger partial charge >= 0.3 is 0 Å². The predicted molar refractivity (Wildman–Crippen MR) is 119 cm³/mol. The second kappa shape index (κ2) is 11.3. The highest BCUT2D eigenvalue weighted by molar-refractivity contribution is 7.89. The highest BCUT2D eigenvalue weighted by Gasteiger charge is 2.24. The van der Waals surface area contributed by atoms with Gasteiger partial charge in [0.1, 0.15) is 11.4 Å². The van der Waals surface area contributed by atoms with E-state index in [-0.39, 0.29) is 46.7 Å². The summed E-state index contributed by atoms with van der Waals surface area (Å²) in [5.74, 6) is -0.107. The first-order chi connectivity index (χ1) is 14.7. The average molecular weight is 490 g/mol. The van der Waals surface area contributed by atoms with Gasteiger partial charge in [0.25, 0.3) is 11.6 Å². The fraction of sp³-hybridized carbons (Fsp3) is 0.316. The lowest BCUT2D eigenvalue weighted by Crippen LogP contribution is -2.34. The zero-order valence-corrected chi connectivity index (χ0v) is 18.9. The van der Waals surface area contributed by atoms with E-state index in [0.29, 0.717) is 12.4 Å². The van der Waals surface area contributed by atoms with Gasteiger partial charge in [0.15, 0.2) is 0 Å². The normalized spacial score (nSPS) is 11.4. The van der Waals surface area contributed by atoms with E-state index >= 15 is 0 Å². The van der Waals surface area contributed by atoms with E-state index in [1.807, 2.05) is 0 Å². The maximum Gasteiger partial charge on any atom is 0.296 e. The van der Waals surface area contributed by atoms with Gasteiger partial charge in [0.2, 0.25) is 10.0 Å². The van der Waals surface area contributed by atoms with Crippen molar-refractivity contribution in [3.05, 3.63) is 58.1 Å². The summed E-state index contributed by atoms with van der Waals surface area (Å²) < 4.78 is 31.8. The number of alkyl halides is 2. The molecule has 2 aromatic carbocycles. The second-order valence-corrected chi connectivity index (χ2v) is 8.82. The van der Waals surface area contributed by atoms with Gasteiger partial charge in [-0.15, -0.1) is 23.2 Å². The molecule has 2 aromatic rings. The van der Waals surface area contributed by atoms with Crippen LogP contribution in [0.15, 0.2) is 47.4 Å². The number of rotatable bonds is 11. The Morgan fingerprint density at radius 1 is 1.13 bits per heavy atom. The highest BCUT2D eigenvalue weighted by Crippen LogP contribution is 2.29. The Morgan fingerprint density at radius 3 is 2.26 bits per heavy atom. The summed E-state index contributed by atoms with van der Waals surface area (Å²) in [6, 6.07) is 9.31. The Labute approximate surface area is 190 Å². The number of halogens is 2. The number of benzene rings is 2. The number of ether oxygens (including phenoxy) is 1. The quantitative estimate of drug-likeness (QED) is 0.291. The molecular formula is C19H21Cl2N3O6S. The van der Waals surface area contributed by atoms with Crippen molar-refractivity contribution in [3.63, 3.8) is 0 Å². The van der Waals surface area contributed by atoms with Gasteiger partial charge in [-0.3, -0.25) is 14.9 Å². The Balaban J connectivity index is 2.24. The number of nitrogens with zero attached hydrogens (tertiary/aromatic N) is 2. The van der Waals surface area contributed by atoms with Crippen molar-refractivity contribution in [3.8, 4) is 5.75 Å². The van der Waals surface area contributed by atoms with E-state index in [4.69, 9.17) is 27.9 Å². The van der Waals surface area contributed by atoms with E-state index in [1.54, 1.807) is 6.92 Å². The number of hydrogen-bond acceptors (Lipinski definition) is 6. The lowest BCUT2D eigenvalue weighted by atomic mass is 10.2. The third kappa shape index (κ3) is 6.30. The molecule has 0 aliphatic rings. The van der Waals surface area contributed by atoms with Crippen molar-refractivity contribution in [2.45, 2.75) is 11.8 Å². The molecule has 1 amide bonds. The number of carbonyl (C=O) groups excluding carboxylic acids is 1. The van der Waals surface area contributed by atoms with Gasteiger partial charge in [-0.25, -0.2) is 8.42 Å². The summed E-state index contributed by atoms with van der Waals surface area (Å²) in [5, 5.41) is 13.8. The van der Waals surface area contributed by atoms with Gasteiger partial charge in [-0.1, -0.05) is 0 Å². The van der Waals surface area contributed by atoms with Gasteiger partial charge in [0, 0.05) is 30.4 Å². The minimum Gasteiger partial charge on any atom is -0.494 e. The molecule has 12 heteroatoms. The number of carbonyl (C=O) groups is 1. The zero-order valence-electron chi connectivity index (χ0n) is 16.6. The Hall–Kier alpha value is -2.40. The first-order valence-electron chi connectivity index (χ1n) is 9.19.